The summed E-state index contributed by atoms with van der Waals surface area (Å²) in [7, 11) is 0.293. The molecule has 0 aliphatic heterocycles. The summed E-state index contributed by atoms with van der Waals surface area (Å²) >= 11 is 4.53. The average Bonchev–Trinajstić information content (AvgIpc) is 1.86. The van der Waals surface area contributed by atoms with Crippen molar-refractivity contribution in [2.45, 2.75) is 18.6 Å². The number of rotatable bonds is 3. The van der Waals surface area contributed by atoms with Crippen molar-refractivity contribution in [2.24, 2.45) is 5.73 Å². The fourth-order valence-electron chi connectivity index (χ4n) is 0.255. The third-order valence-corrected chi connectivity index (χ3v) is 2.88. The number of hydrogen-bond donors (Lipinski definition) is 2. The molecular weight excluding hydrogens is 157 g/mol. The lowest BCUT2D eigenvalue weighted by atomic mass is 10.2. The molecular formula is C4H8NO2PS. The molecule has 0 amide bonds. The van der Waals surface area contributed by atoms with Gasteiger partial charge in [-0.2, -0.15) is 0 Å². The number of carboxylic acids is 1. The van der Waals surface area contributed by atoms with E-state index >= 15 is 0 Å². The highest BCUT2D eigenvalue weighted by molar-refractivity contribution is 7.97. The van der Waals surface area contributed by atoms with Gasteiger partial charge in [-0.25, -0.2) is 4.79 Å². The van der Waals surface area contributed by atoms with Crippen molar-refractivity contribution in [3.63, 3.8) is 0 Å². The first-order chi connectivity index (χ1) is 4.06. The summed E-state index contributed by atoms with van der Waals surface area (Å²) in [5.41, 5.74) is 5.32. The van der Waals surface area contributed by atoms with Crippen LogP contribution in [0.4, 0.5) is 0 Å². The summed E-state index contributed by atoms with van der Waals surface area (Å²) < 4.78 is 0. The maximum Gasteiger partial charge on any atom is 0.333 e. The van der Waals surface area contributed by atoms with Crippen LogP contribution in [0.1, 0.15) is 13.3 Å². The monoisotopic (exact) mass is 165 g/mol. The Kier molecular flexibility index (Phi) is 3.18. The topological polar surface area (TPSA) is 63.3 Å². The fraction of sp³-hybridized carbons (Fsp3) is 0.750. The Morgan fingerprint density at radius 3 is 2.44 bits per heavy atom. The fourth-order valence-corrected chi connectivity index (χ4v) is 1.08. The van der Waals surface area contributed by atoms with Gasteiger partial charge in [-0.3, -0.25) is 0 Å². The molecule has 9 heavy (non-hydrogen) atoms. The number of carboxylic acid groups (broad SMARTS) is 1. The zero-order chi connectivity index (χ0) is 7.49. The summed E-state index contributed by atoms with van der Waals surface area (Å²) in [5.74, 6) is -1.03. The highest BCUT2D eigenvalue weighted by Crippen LogP contribution is 2.20. The highest BCUT2D eigenvalue weighted by Gasteiger charge is 2.29. The first kappa shape index (κ1) is 8.95. The van der Waals surface area contributed by atoms with E-state index in [1.165, 1.54) is 0 Å². The molecule has 0 saturated carbocycles. The van der Waals surface area contributed by atoms with Gasteiger partial charge in [0.15, 0.2) is 5.28 Å². The van der Waals surface area contributed by atoms with Crippen LogP contribution in [0.3, 0.4) is 0 Å². The molecule has 0 aromatic rings. The highest BCUT2D eigenvalue weighted by atomic mass is 32.4. The molecule has 0 fully saturated rings. The molecule has 5 heteroatoms. The molecule has 0 aliphatic rings. The van der Waals surface area contributed by atoms with Crippen LogP contribution in [0, 0.1) is 0 Å². The van der Waals surface area contributed by atoms with E-state index in [0.29, 0.717) is 13.8 Å². The predicted octanol–water partition coefficient (Wildman–Crippen LogP) is 0.544. The van der Waals surface area contributed by atoms with Crippen molar-refractivity contribution in [1.82, 2.24) is 0 Å². The van der Waals surface area contributed by atoms with E-state index in [1.54, 1.807) is 6.92 Å². The Bertz CT molecular complexity index is 141. The van der Waals surface area contributed by atoms with Gasteiger partial charge in [0.05, 0.1) is 0 Å². The molecule has 0 bridgehead atoms. The SMILES string of the molecule is CCC(N)(P=S)C(=O)O. The van der Waals surface area contributed by atoms with Crippen LogP contribution in [0.15, 0.2) is 0 Å². The van der Waals surface area contributed by atoms with Crippen molar-refractivity contribution >= 4 is 25.1 Å². The minimum atomic E-state index is -1.21. The Hall–Kier alpha value is -0.0500. The molecule has 1 unspecified atom stereocenters. The number of aliphatic carboxylic acids is 1. The van der Waals surface area contributed by atoms with E-state index < -0.39 is 11.2 Å². The molecule has 1 atom stereocenters. The lowest BCUT2D eigenvalue weighted by Crippen LogP contribution is -2.41. The van der Waals surface area contributed by atoms with E-state index in [1.807, 2.05) is 0 Å². The molecule has 52 valence electrons. The predicted molar refractivity (Wildman–Crippen MR) is 39.1 cm³/mol. The summed E-state index contributed by atoms with van der Waals surface area (Å²) in [6, 6.07) is 0. The number of nitrogens with two attached hydrogens (primary N) is 1. The van der Waals surface area contributed by atoms with E-state index in [2.05, 4.69) is 11.8 Å². The lowest BCUT2D eigenvalue weighted by molar-refractivity contribution is -0.139. The van der Waals surface area contributed by atoms with Crippen molar-refractivity contribution in [1.29, 1.82) is 0 Å². The second kappa shape index (κ2) is 3.20. The van der Waals surface area contributed by atoms with E-state index in [-0.39, 0.29) is 0 Å². The first-order valence-electron chi connectivity index (χ1n) is 2.43. The quantitative estimate of drug-likeness (QED) is 0.599. The van der Waals surface area contributed by atoms with Gasteiger partial charge >= 0.3 is 5.97 Å². The zero-order valence-electron chi connectivity index (χ0n) is 5.00. The van der Waals surface area contributed by atoms with Crippen molar-refractivity contribution in [2.75, 3.05) is 0 Å². The van der Waals surface area contributed by atoms with Crippen LogP contribution in [0.2, 0.25) is 0 Å². The smallest absolute Gasteiger partial charge is 0.333 e. The van der Waals surface area contributed by atoms with Crippen LogP contribution in [-0.2, 0) is 16.6 Å². The standard InChI is InChI=1S/C4H8NO2PS/c1-2-4(5,8-9)3(6)7/h2,5H2,1H3,(H,6,7). The van der Waals surface area contributed by atoms with E-state index in [4.69, 9.17) is 10.8 Å². The largest absolute Gasteiger partial charge is 0.479 e. The van der Waals surface area contributed by atoms with Crippen LogP contribution >= 0.6 is 7.36 Å². The summed E-state index contributed by atoms with van der Waals surface area (Å²) in [5, 5.41) is 7.22. The Balaban J connectivity index is 4.27. The van der Waals surface area contributed by atoms with Crippen molar-refractivity contribution < 1.29 is 9.90 Å². The van der Waals surface area contributed by atoms with E-state index in [0.717, 1.165) is 0 Å². The van der Waals surface area contributed by atoms with Crippen molar-refractivity contribution in [3.05, 3.63) is 0 Å². The number of hydrogen-bond acceptors (Lipinski definition) is 3. The summed E-state index contributed by atoms with van der Waals surface area (Å²) in [6.45, 7) is 1.70. The lowest BCUT2D eigenvalue weighted by Gasteiger charge is -2.14. The average molecular weight is 165 g/mol. The Morgan fingerprint density at radius 1 is 2.00 bits per heavy atom. The summed E-state index contributed by atoms with van der Waals surface area (Å²) in [6.07, 6.45) is 0.368. The van der Waals surface area contributed by atoms with Crippen molar-refractivity contribution in [3.8, 4) is 0 Å². The van der Waals surface area contributed by atoms with Gasteiger partial charge in [-0.15, -0.1) is 0 Å². The molecule has 0 radical (unpaired) electrons. The zero-order valence-corrected chi connectivity index (χ0v) is 6.71. The van der Waals surface area contributed by atoms with Gasteiger partial charge in [0.2, 0.25) is 0 Å². The maximum absolute atomic E-state index is 10.3. The summed E-state index contributed by atoms with van der Waals surface area (Å²) in [4.78, 5) is 10.3. The van der Waals surface area contributed by atoms with Crippen LogP contribution in [-0.4, -0.2) is 16.4 Å². The third kappa shape index (κ3) is 1.97. The Labute approximate surface area is 60.1 Å². The van der Waals surface area contributed by atoms with Gasteiger partial charge in [0.25, 0.3) is 0 Å². The number of carbonyl (C=O) groups is 1. The molecule has 0 heterocycles. The molecule has 0 aromatic carbocycles. The third-order valence-electron chi connectivity index (χ3n) is 1.07. The molecule has 0 spiro atoms. The van der Waals surface area contributed by atoms with Gasteiger partial charge < -0.3 is 10.8 Å². The first-order valence-corrected chi connectivity index (χ1v) is 4.34. The second-order valence-corrected chi connectivity index (χ2v) is 3.20. The van der Waals surface area contributed by atoms with Crippen LogP contribution in [0.5, 0.6) is 0 Å². The molecule has 0 aromatic heterocycles. The Morgan fingerprint density at radius 2 is 2.44 bits per heavy atom. The maximum atomic E-state index is 10.3. The van der Waals surface area contributed by atoms with Crippen LogP contribution in [0.25, 0.3) is 0 Å². The molecule has 0 rings (SSSR count). The minimum absolute atomic E-state index is 0.293. The normalized spacial score (nSPS) is 17.1. The minimum Gasteiger partial charge on any atom is -0.479 e. The molecule has 0 saturated heterocycles. The van der Waals surface area contributed by atoms with Crippen LogP contribution < -0.4 is 5.73 Å². The van der Waals surface area contributed by atoms with Gasteiger partial charge in [0.1, 0.15) is 0 Å². The molecule has 3 N–H and O–H groups in total. The van der Waals surface area contributed by atoms with Gasteiger partial charge in [-0.05, 0) is 6.42 Å². The van der Waals surface area contributed by atoms with Gasteiger partial charge in [-0.1, -0.05) is 18.7 Å². The van der Waals surface area contributed by atoms with Gasteiger partial charge in [0, 0.05) is 7.36 Å². The second-order valence-electron chi connectivity index (χ2n) is 1.67. The molecule has 3 nitrogen and oxygen atoms in total. The molecule has 0 aliphatic carbocycles. The van der Waals surface area contributed by atoms with E-state index in [9.17, 15) is 4.79 Å².